The van der Waals surface area contributed by atoms with Crippen molar-refractivity contribution in [3.05, 3.63) is 56.8 Å². The predicted octanol–water partition coefficient (Wildman–Crippen LogP) is 3.19. The predicted molar refractivity (Wildman–Crippen MR) is 95.2 cm³/mol. The highest BCUT2D eigenvalue weighted by molar-refractivity contribution is 7.12. The molecule has 1 heterocycles. The summed E-state index contributed by atoms with van der Waals surface area (Å²) >= 11 is 1.29. The summed E-state index contributed by atoms with van der Waals surface area (Å²) in [4.78, 5) is 46.6. The van der Waals surface area contributed by atoms with Gasteiger partial charge in [-0.05, 0) is 24.4 Å². The first kappa shape index (κ1) is 19.3. The molecule has 136 valence electrons. The van der Waals surface area contributed by atoms with Crippen LogP contribution in [0.25, 0.3) is 0 Å². The number of hydrogen-bond donors (Lipinski definition) is 1. The minimum absolute atomic E-state index is 0.0123. The minimum atomic E-state index is -1.15. The summed E-state index contributed by atoms with van der Waals surface area (Å²) in [5, 5.41) is 15.1. The second-order valence-corrected chi connectivity index (χ2v) is 6.24. The van der Waals surface area contributed by atoms with Crippen molar-refractivity contribution in [1.82, 2.24) is 0 Å². The van der Waals surface area contributed by atoms with Crippen molar-refractivity contribution in [2.24, 2.45) is 0 Å². The van der Waals surface area contributed by atoms with Crippen molar-refractivity contribution in [2.75, 3.05) is 5.32 Å². The number of amides is 1. The van der Waals surface area contributed by atoms with Crippen LogP contribution in [-0.4, -0.2) is 28.7 Å². The number of hydrogen-bond acceptors (Lipinski definition) is 7. The van der Waals surface area contributed by atoms with Crippen LogP contribution in [0, 0.1) is 10.1 Å². The number of thiophene rings is 1. The largest absolute Gasteiger partial charge is 0.453 e. The third-order valence-electron chi connectivity index (χ3n) is 3.39. The Bertz CT molecular complexity index is 818. The van der Waals surface area contributed by atoms with E-state index in [2.05, 4.69) is 5.32 Å². The van der Waals surface area contributed by atoms with Crippen LogP contribution in [0.4, 0.5) is 11.4 Å². The summed E-state index contributed by atoms with van der Waals surface area (Å²) in [5.41, 5.74) is -0.251. The van der Waals surface area contributed by atoms with Crippen LogP contribution in [0.5, 0.6) is 0 Å². The number of anilines is 1. The fraction of sp³-hybridized carbons (Fsp3) is 0.235. The lowest BCUT2D eigenvalue weighted by Gasteiger charge is -2.13. The summed E-state index contributed by atoms with van der Waals surface area (Å²) in [6, 6.07) is 9.05. The molecular weight excluding hydrogens is 360 g/mol. The van der Waals surface area contributed by atoms with E-state index in [1.165, 1.54) is 42.5 Å². The minimum Gasteiger partial charge on any atom is -0.453 e. The van der Waals surface area contributed by atoms with Crippen LogP contribution < -0.4 is 5.32 Å². The molecule has 0 aliphatic heterocycles. The molecule has 1 aromatic carbocycles. The number of nitro groups is 1. The first-order valence-electron chi connectivity index (χ1n) is 7.69. The van der Waals surface area contributed by atoms with Crippen LogP contribution in [0.1, 0.15) is 29.4 Å². The number of ether oxygens (including phenoxy) is 1. The van der Waals surface area contributed by atoms with Gasteiger partial charge in [-0.25, -0.2) is 0 Å². The van der Waals surface area contributed by atoms with Gasteiger partial charge in [0.25, 0.3) is 11.6 Å². The number of rotatable bonds is 8. The second kappa shape index (κ2) is 8.86. The monoisotopic (exact) mass is 376 g/mol. The van der Waals surface area contributed by atoms with Crippen LogP contribution in [0.15, 0.2) is 41.8 Å². The van der Waals surface area contributed by atoms with Crippen molar-refractivity contribution in [1.29, 1.82) is 0 Å². The van der Waals surface area contributed by atoms with Crippen LogP contribution in [0.3, 0.4) is 0 Å². The summed E-state index contributed by atoms with van der Waals surface area (Å²) < 4.78 is 4.98. The number of ketones is 1. The highest BCUT2D eigenvalue weighted by Gasteiger charge is 2.22. The molecule has 0 aliphatic rings. The number of nitrogens with zero attached hydrogens (tertiary/aromatic N) is 1. The number of nitrogens with one attached hydrogen (secondary N) is 1. The summed E-state index contributed by atoms with van der Waals surface area (Å²) in [6.07, 6.45) is -1.32. The van der Waals surface area contributed by atoms with Gasteiger partial charge in [0.05, 0.1) is 16.2 Å². The van der Waals surface area contributed by atoms with E-state index in [9.17, 15) is 24.5 Å². The molecule has 0 fully saturated rings. The molecule has 1 aromatic heterocycles. The molecule has 2 rings (SSSR count). The zero-order chi connectivity index (χ0) is 19.1. The van der Waals surface area contributed by atoms with Crippen molar-refractivity contribution in [2.45, 2.75) is 25.9 Å². The standard InChI is InChI=1S/C17H16N2O6S/c1-11(17(22)18-12-5-2-3-6-13(12)19(23)24)25-16(21)9-8-14(20)15-7-4-10-26-15/h2-7,10-11H,8-9H2,1H3,(H,18,22)/t11-/m1/s1. The third-order valence-corrected chi connectivity index (χ3v) is 4.30. The maximum Gasteiger partial charge on any atom is 0.307 e. The number of benzene rings is 1. The molecule has 0 bridgehead atoms. The molecule has 1 atom stereocenters. The molecule has 2 aromatic rings. The van der Waals surface area contributed by atoms with E-state index in [1.54, 1.807) is 17.5 Å². The number of esters is 1. The number of nitro benzene ring substituents is 1. The molecule has 8 nitrogen and oxygen atoms in total. The molecule has 1 N–H and O–H groups in total. The average molecular weight is 376 g/mol. The molecule has 0 aliphatic carbocycles. The molecule has 1 amide bonds. The maximum absolute atomic E-state index is 12.1. The normalized spacial score (nSPS) is 11.4. The van der Waals surface area contributed by atoms with E-state index in [0.29, 0.717) is 4.88 Å². The molecule has 0 radical (unpaired) electrons. The first-order valence-corrected chi connectivity index (χ1v) is 8.57. The van der Waals surface area contributed by atoms with Gasteiger partial charge in [-0.2, -0.15) is 0 Å². The highest BCUT2D eigenvalue weighted by Crippen LogP contribution is 2.23. The quantitative estimate of drug-likeness (QED) is 0.327. The van der Waals surface area contributed by atoms with Gasteiger partial charge < -0.3 is 10.1 Å². The Morgan fingerprint density at radius 3 is 2.58 bits per heavy atom. The highest BCUT2D eigenvalue weighted by atomic mass is 32.1. The SMILES string of the molecule is C[C@@H](OC(=O)CCC(=O)c1cccs1)C(=O)Nc1ccccc1[N+](=O)[O-]. The van der Waals surface area contributed by atoms with Gasteiger partial charge >= 0.3 is 5.97 Å². The second-order valence-electron chi connectivity index (χ2n) is 5.30. The Labute approximate surface area is 152 Å². The van der Waals surface area contributed by atoms with Gasteiger partial charge in [-0.15, -0.1) is 11.3 Å². The van der Waals surface area contributed by atoms with Crippen LogP contribution in [-0.2, 0) is 14.3 Å². The van der Waals surface area contributed by atoms with E-state index in [0.717, 1.165) is 0 Å². The first-order chi connectivity index (χ1) is 12.4. The summed E-state index contributed by atoms with van der Waals surface area (Å²) in [7, 11) is 0. The van der Waals surface area contributed by atoms with Crippen LogP contribution in [0.2, 0.25) is 0 Å². The topological polar surface area (TPSA) is 116 Å². The summed E-state index contributed by atoms with van der Waals surface area (Å²) in [6.45, 7) is 1.35. The molecule has 0 unspecified atom stereocenters. The molecule has 26 heavy (non-hydrogen) atoms. The van der Waals surface area contributed by atoms with Gasteiger partial charge in [-0.3, -0.25) is 24.5 Å². The Morgan fingerprint density at radius 2 is 1.92 bits per heavy atom. The van der Waals surface area contributed by atoms with Gasteiger partial charge in [-0.1, -0.05) is 18.2 Å². The van der Waals surface area contributed by atoms with E-state index in [4.69, 9.17) is 4.74 Å². The fourth-order valence-corrected chi connectivity index (χ4v) is 2.75. The number of para-hydroxylation sites is 2. The number of Topliss-reactive ketones (excluding diaryl/α,β-unsaturated/α-hetero) is 1. The smallest absolute Gasteiger partial charge is 0.307 e. The van der Waals surface area contributed by atoms with Crippen molar-refractivity contribution >= 4 is 40.4 Å². The van der Waals surface area contributed by atoms with Crippen molar-refractivity contribution in [3.8, 4) is 0 Å². The molecule has 0 saturated carbocycles. The van der Waals surface area contributed by atoms with E-state index >= 15 is 0 Å². The van der Waals surface area contributed by atoms with Crippen molar-refractivity contribution in [3.63, 3.8) is 0 Å². The van der Waals surface area contributed by atoms with Crippen molar-refractivity contribution < 1.29 is 24.0 Å². The van der Waals surface area contributed by atoms with E-state index in [-0.39, 0.29) is 30.0 Å². The average Bonchev–Trinajstić information content (AvgIpc) is 3.14. The van der Waals surface area contributed by atoms with Gasteiger partial charge in [0.15, 0.2) is 11.9 Å². The molecule has 0 spiro atoms. The van der Waals surface area contributed by atoms with Crippen LogP contribution >= 0.6 is 11.3 Å². The van der Waals surface area contributed by atoms with E-state index in [1.807, 2.05) is 0 Å². The molecular formula is C17H16N2O6S. The van der Waals surface area contributed by atoms with Gasteiger partial charge in [0.1, 0.15) is 5.69 Å². The Hall–Kier alpha value is -3.07. The summed E-state index contributed by atoms with van der Waals surface area (Å²) in [5.74, 6) is -1.56. The lowest BCUT2D eigenvalue weighted by atomic mass is 10.2. The lowest BCUT2D eigenvalue weighted by Crippen LogP contribution is -2.30. The third kappa shape index (κ3) is 5.21. The Morgan fingerprint density at radius 1 is 1.19 bits per heavy atom. The number of carbonyl (C=O) groups excluding carboxylic acids is 3. The van der Waals surface area contributed by atoms with Gasteiger partial charge in [0, 0.05) is 12.5 Å². The fourth-order valence-electron chi connectivity index (χ4n) is 2.06. The zero-order valence-corrected chi connectivity index (χ0v) is 14.7. The lowest BCUT2D eigenvalue weighted by molar-refractivity contribution is -0.383. The molecule has 0 saturated heterocycles. The zero-order valence-electron chi connectivity index (χ0n) is 13.8. The van der Waals surface area contributed by atoms with Gasteiger partial charge in [0.2, 0.25) is 0 Å². The van der Waals surface area contributed by atoms with E-state index < -0.39 is 22.9 Å². The Balaban J connectivity index is 1.86. The maximum atomic E-state index is 12.1. The molecule has 9 heteroatoms. The number of carbonyl (C=O) groups is 3. The Kier molecular flexibility index (Phi) is 6.56.